The zero-order valence-corrected chi connectivity index (χ0v) is 10.4. The van der Waals surface area contributed by atoms with E-state index in [9.17, 15) is 4.39 Å². The van der Waals surface area contributed by atoms with Gasteiger partial charge >= 0.3 is 0 Å². The minimum atomic E-state index is -0.157. The van der Waals surface area contributed by atoms with E-state index in [0.29, 0.717) is 5.56 Å². The summed E-state index contributed by atoms with van der Waals surface area (Å²) >= 11 is 0. The van der Waals surface area contributed by atoms with Crippen LogP contribution in [0.2, 0.25) is 0 Å². The molecule has 0 heterocycles. The molecule has 0 spiro atoms. The Bertz CT molecular complexity index is 423. The molecule has 1 aromatic carbocycles. The van der Waals surface area contributed by atoms with Gasteiger partial charge in [-0.25, -0.2) is 4.39 Å². The van der Waals surface area contributed by atoms with E-state index in [-0.39, 0.29) is 11.9 Å². The van der Waals surface area contributed by atoms with Crippen LogP contribution in [-0.4, -0.2) is 0 Å². The van der Waals surface area contributed by atoms with E-state index in [4.69, 9.17) is 5.73 Å². The van der Waals surface area contributed by atoms with Crippen molar-refractivity contribution in [3.05, 3.63) is 46.8 Å². The quantitative estimate of drug-likeness (QED) is 0.784. The van der Waals surface area contributed by atoms with Crippen molar-refractivity contribution in [3.63, 3.8) is 0 Å². The summed E-state index contributed by atoms with van der Waals surface area (Å²) in [6.45, 7) is 1.77. The third-order valence-corrected chi connectivity index (χ3v) is 3.49. The van der Waals surface area contributed by atoms with Crippen LogP contribution in [0.25, 0.3) is 0 Å². The largest absolute Gasteiger partial charge is 0.324 e. The first-order valence-electron chi connectivity index (χ1n) is 6.36. The number of nitrogens with two attached hydrogens (primary N) is 1. The first-order chi connectivity index (χ1) is 8.16. The maximum absolute atomic E-state index is 13.4. The van der Waals surface area contributed by atoms with Gasteiger partial charge in [-0.3, -0.25) is 0 Å². The Labute approximate surface area is 103 Å². The molecule has 2 rings (SSSR count). The SMILES string of the molecule is Cc1ccc(C(N)CC2=CCCCC2)cc1F. The Hall–Kier alpha value is -1.15. The van der Waals surface area contributed by atoms with E-state index in [1.54, 1.807) is 19.1 Å². The van der Waals surface area contributed by atoms with Gasteiger partial charge in [0.05, 0.1) is 0 Å². The average Bonchev–Trinajstić information content (AvgIpc) is 2.34. The molecule has 0 saturated carbocycles. The first kappa shape index (κ1) is 12.3. The van der Waals surface area contributed by atoms with Crippen molar-refractivity contribution in [1.29, 1.82) is 0 Å². The van der Waals surface area contributed by atoms with E-state index < -0.39 is 0 Å². The molecular weight excluding hydrogens is 213 g/mol. The smallest absolute Gasteiger partial charge is 0.126 e. The van der Waals surface area contributed by atoms with Crippen LogP contribution in [0.1, 0.15) is 49.3 Å². The van der Waals surface area contributed by atoms with Crippen LogP contribution in [0.15, 0.2) is 29.8 Å². The Balaban J connectivity index is 2.06. The topological polar surface area (TPSA) is 26.0 Å². The fourth-order valence-electron chi connectivity index (χ4n) is 2.33. The van der Waals surface area contributed by atoms with Gasteiger partial charge in [-0.05, 0) is 56.2 Å². The number of aryl methyl sites for hydroxylation is 1. The Morgan fingerprint density at radius 1 is 1.35 bits per heavy atom. The van der Waals surface area contributed by atoms with E-state index >= 15 is 0 Å². The summed E-state index contributed by atoms with van der Waals surface area (Å²) in [4.78, 5) is 0. The predicted molar refractivity (Wildman–Crippen MR) is 69.2 cm³/mol. The Kier molecular flexibility index (Phi) is 3.95. The van der Waals surface area contributed by atoms with E-state index in [1.165, 1.54) is 24.8 Å². The minimum Gasteiger partial charge on any atom is -0.324 e. The highest BCUT2D eigenvalue weighted by atomic mass is 19.1. The molecule has 1 aliphatic carbocycles. The maximum Gasteiger partial charge on any atom is 0.126 e. The molecule has 1 aliphatic rings. The zero-order valence-electron chi connectivity index (χ0n) is 10.4. The normalized spacial score (nSPS) is 17.7. The molecule has 0 saturated heterocycles. The molecule has 0 aromatic heterocycles. The molecule has 2 N–H and O–H groups in total. The van der Waals surface area contributed by atoms with Crippen molar-refractivity contribution >= 4 is 0 Å². The van der Waals surface area contributed by atoms with E-state index in [1.807, 2.05) is 6.07 Å². The molecule has 0 fully saturated rings. The summed E-state index contributed by atoms with van der Waals surface area (Å²) in [5.74, 6) is -0.157. The highest BCUT2D eigenvalue weighted by Gasteiger charge is 2.12. The number of halogens is 1. The summed E-state index contributed by atoms with van der Waals surface area (Å²) in [6.07, 6.45) is 8.04. The highest BCUT2D eigenvalue weighted by Crippen LogP contribution is 2.26. The van der Waals surface area contributed by atoms with Gasteiger partial charge in [-0.15, -0.1) is 0 Å². The summed E-state index contributed by atoms with van der Waals surface area (Å²) in [5, 5.41) is 0. The minimum absolute atomic E-state index is 0.0746. The number of hydrogen-bond acceptors (Lipinski definition) is 1. The molecule has 1 atom stereocenters. The van der Waals surface area contributed by atoms with Crippen molar-refractivity contribution in [2.75, 3.05) is 0 Å². The fraction of sp³-hybridized carbons (Fsp3) is 0.467. The summed E-state index contributed by atoms with van der Waals surface area (Å²) in [7, 11) is 0. The van der Waals surface area contributed by atoms with Crippen molar-refractivity contribution in [2.24, 2.45) is 5.73 Å². The lowest BCUT2D eigenvalue weighted by Crippen LogP contribution is -2.12. The van der Waals surface area contributed by atoms with Crippen LogP contribution in [0.5, 0.6) is 0 Å². The van der Waals surface area contributed by atoms with Crippen LogP contribution in [-0.2, 0) is 0 Å². The molecule has 2 heteroatoms. The summed E-state index contributed by atoms with van der Waals surface area (Å²) in [5.41, 5.74) is 9.15. The molecule has 1 nitrogen and oxygen atoms in total. The van der Waals surface area contributed by atoms with Crippen LogP contribution >= 0.6 is 0 Å². The Morgan fingerprint density at radius 3 is 2.82 bits per heavy atom. The molecule has 0 aliphatic heterocycles. The first-order valence-corrected chi connectivity index (χ1v) is 6.36. The third-order valence-electron chi connectivity index (χ3n) is 3.49. The molecule has 0 radical (unpaired) electrons. The lowest BCUT2D eigenvalue weighted by molar-refractivity contribution is 0.601. The van der Waals surface area contributed by atoms with Gasteiger partial charge in [-0.1, -0.05) is 23.8 Å². The number of allylic oxidation sites excluding steroid dienone is 1. The lowest BCUT2D eigenvalue weighted by Gasteiger charge is -2.18. The van der Waals surface area contributed by atoms with Gasteiger partial charge in [0, 0.05) is 6.04 Å². The number of benzene rings is 1. The van der Waals surface area contributed by atoms with E-state index in [2.05, 4.69) is 6.08 Å². The van der Waals surface area contributed by atoms with Gasteiger partial charge in [0.2, 0.25) is 0 Å². The molecule has 1 aromatic rings. The molecule has 92 valence electrons. The van der Waals surface area contributed by atoms with Crippen LogP contribution in [0.3, 0.4) is 0 Å². The van der Waals surface area contributed by atoms with Gasteiger partial charge in [0.1, 0.15) is 5.82 Å². The summed E-state index contributed by atoms with van der Waals surface area (Å²) < 4.78 is 13.4. The Morgan fingerprint density at radius 2 is 2.18 bits per heavy atom. The fourth-order valence-corrected chi connectivity index (χ4v) is 2.33. The van der Waals surface area contributed by atoms with Crippen LogP contribution < -0.4 is 5.73 Å². The average molecular weight is 233 g/mol. The second-order valence-electron chi connectivity index (χ2n) is 4.93. The van der Waals surface area contributed by atoms with E-state index in [0.717, 1.165) is 18.4 Å². The summed E-state index contributed by atoms with van der Waals surface area (Å²) in [6, 6.07) is 5.24. The number of rotatable bonds is 3. The molecule has 0 bridgehead atoms. The second-order valence-corrected chi connectivity index (χ2v) is 4.93. The lowest BCUT2D eigenvalue weighted by atomic mass is 9.92. The highest BCUT2D eigenvalue weighted by molar-refractivity contribution is 5.27. The van der Waals surface area contributed by atoms with Crippen molar-refractivity contribution in [2.45, 2.75) is 45.1 Å². The van der Waals surface area contributed by atoms with Crippen molar-refractivity contribution in [3.8, 4) is 0 Å². The zero-order chi connectivity index (χ0) is 12.3. The molecule has 1 unspecified atom stereocenters. The van der Waals surface area contributed by atoms with Crippen molar-refractivity contribution < 1.29 is 4.39 Å². The van der Waals surface area contributed by atoms with Gasteiger partial charge in [0.15, 0.2) is 0 Å². The number of hydrogen-bond donors (Lipinski definition) is 1. The third kappa shape index (κ3) is 3.16. The van der Waals surface area contributed by atoms with Crippen molar-refractivity contribution in [1.82, 2.24) is 0 Å². The van der Waals surface area contributed by atoms with Gasteiger partial charge in [-0.2, -0.15) is 0 Å². The second kappa shape index (κ2) is 5.46. The molecule has 0 amide bonds. The predicted octanol–water partition coefficient (Wildman–Crippen LogP) is 4.02. The van der Waals surface area contributed by atoms with Gasteiger partial charge in [0.25, 0.3) is 0 Å². The van der Waals surface area contributed by atoms with Crippen LogP contribution in [0, 0.1) is 12.7 Å². The molecule has 17 heavy (non-hydrogen) atoms. The van der Waals surface area contributed by atoms with Crippen LogP contribution in [0.4, 0.5) is 4.39 Å². The monoisotopic (exact) mass is 233 g/mol. The van der Waals surface area contributed by atoms with Gasteiger partial charge < -0.3 is 5.73 Å². The standard InChI is InChI=1S/C15H20FN/c1-11-7-8-13(10-14(11)16)15(17)9-12-5-3-2-4-6-12/h5,7-8,10,15H,2-4,6,9,17H2,1H3. The maximum atomic E-state index is 13.4. The molecular formula is C15H20FN.